The smallest absolute Gasteiger partial charge is 0.322 e. The van der Waals surface area contributed by atoms with E-state index in [1.54, 1.807) is 23.9 Å². The van der Waals surface area contributed by atoms with E-state index in [1.165, 1.54) is 12.1 Å². The second-order valence-corrected chi connectivity index (χ2v) is 7.68. The molecule has 0 aliphatic carbocycles. The van der Waals surface area contributed by atoms with Gasteiger partial charge in [-0.05, 0) is 66.7 Å². The maximum Gasteiger partial charge on any atom is 0.416 e. The zero-order valence-corrected chi connectivity index (χ0v) is 16.2. The van der Waals surface area contributed by atoms with Crippen LogP contribution in [0, 0.1) is 0 Å². The molecule has 0 fully saturated rings. The second-order valence-electron chi connectivity index (χ2n) is 5.61. The minimum absolute atomic E-state index is 0.0434. The van der Waals surface area contributed by atoms with Gasteiger partial charge in [-0.2, -0.15) is 13.2 Å². The third-order valence-electron chi connectivity index (χ3n) is 3.61. The fraction of sp³-hybridized carbons (Fsp3) is 0.0500. The van der Waals surface area contributed by atoms with Crippen molar-refractivity contribution in [3.05, 3.63) is 88.4 Å². The molecule has 0 bridgehead atoms. The van der Waals surface area contributed by atoms with Crippen LogP contribution in [0.1, 0.15) is 15.9 Å². The lowest BCUT2D eigenvalue weighted by Crippen LogP contribution is -2.13. The van der Waals surface area contributed by atoms with Crippen molar-refractivity contribution in [2.45, 2.75) is 16.0 Å². The predicted molar refractivity (Wildman–Crippen MR) is 104 cm³/mol. The van der Waals surface area contributed by atoms with Gasteiger partial charge in [-0.15, -0.1) is 0 Å². The van der Waals surface area contributed by atoms with Crippen LogP contribution in [0.5, 0.6) is 0 Å². The fourth-order valence-corrected chi connectivity index (χ4v) is 3.37. The average Bonchev–Trinajstić information content (AvgIpc) is 2.64. The number of carbonyl (C=O) groups excluding carboxylic acids is 1. The molecule has 27 heavy (non-hydrogen) atoms. The molecule has 0 spiro atoms. The molecule has 3 aromatic rings. The summed E-state index contributed by atoms with van der Waals surface area (Å²) >= 11 is 4.95. The predicted octanol–water partition coefficient (Wildman–Crippen LogP) is 6.87. The Labute approximate surface area is 166 Å². The van der Waals surface area contributed by atoms with Crippen LogP contribution in [0.2, 0.25) is 0 Å². The number of nitrogens with one attached hydrogen (secondary N) is 1. The van der Waals surface area contributed by atoms with Gasteiger partial charge in [0.1, 0.15) is 0 Å². The number of hydrogen-bond donors (Lipinski definition) is 1. The van der Waals surface area contributed by atoms with E-state index in [2.05, 4.69) is 21.2 Å². The number of hydrogen-bond acceptors (Lipinski definition) is 2. The molecule has 0 saturated heterocycles. The van der Waals surface area contributed by atoms with Gasteiger partial charge in [0.15, 0.2) is 0 Å². The fourth-order valence-electron chi connectivity index (χ4n) is 2.29. The molecule has 0 aliphatic rings. The number of rotatable bonds is 4. The first-order valence-electron chi connectivity index (χ1n) is 7.83. The molecule has 1 amide bonds. The summed E-state index contributed by atoms with van der Waals surface area (Å²) < 4.78 is 39.3. The van der Waals surface area contributed by atoms with Gasteiger partial charge in [0.25, 0.3) is 5.91 Å². The maximum atomic E-state index is 12.8. The Bertz CT molecular complexity index is 941. The quantitative estimate of drug-likeness (QED) is 0.468. The standard InChI is InChI=1S/C20H13BrF3NOS/c21-15-4-8-17(9-5-15)27-18-10-6-16(7-11-18)25-19(26)13-2-1-3-14(12-13)20(22,23)24/h1-12H,(H,25,26). The van der Waals surface area contributed by atoms with Gasteiger partial charge in [-0.3, -0.25) is 4.79 Å². The normalized spacial score (nSPS) is 11.3. The van der Waals surface area contributed by atoms with Gasteiger partial charge < -0.3 is 5.32 Å². The average molecular weight is 452 g/mol. The van der Waals surface area contributed by atoms with E-state index in [4.69, 9.17) is 0 Å². The van der Waals surface area contributed by atoms with E-state index in [0.717, 1.165) is 26.4 Å². The molecule has 0 saturated carbocycles. The first-order valence-corrected chi connectivity index (χ1v) is 9.44. The van der Waals surface area contributed by atoms with Gasteiger partial charge in [0.2, 0.25) is 0 Å². The Morgan fingerprint density at radius 2 is 1.48 bits per heavy atom. The molecular weight excluding hydrogens is 439 g/mol. The SMILES string of the molecule is O=C(Nc1ccc(Sc2ccc(Br)cc2)cc1)c1cccc(C(F)(F)F)c1. The van der Waals surface area contributed by atoms with Crippen molar-refractivity contribution in [2.75, 3.05) is 5.32 Å². The summed E-state index contributed by atoms with van der Waals surface area (Å²) in [6.45, 7) is 0. The summed E-state index contributed by atoms with van der Waals surface area (Å²) in [5.74, 6) is -0.589. The number of halogens is 4. The van der Waals surface area contributed by atoms with Crippen molar-refractivity contribution in [1.82, 2.24) is 0 Å². The van der Waals surface area contributed by atoms with Crippen molar-refractivity contribution in [2.24, 2.45) is 0 Å². The van der Waals surface area contributed by atoms with E-state index in [9.17, 15) is 18.0 Å². The number of benzene rings is 3. The third kappa shape index (κ3) is 5.37. The number of amides is 1. The molecule has 3 rings (SSSR count). The Morgan fingerprint density at radius 1 is 0.889 bits per heavy atom. The van der Waals surface area contributed by atoms with E-state index in [1.807, 2.05) is 36.4 Å². The van der Waals surface area contributed by atoms with Gasteiger partial charge in [0, 0.05) is 25.5 Å². The summed E-state index contributed by atoms with van der Waals surface area (Å²) in [5, 5.41) is 2.61. The van der Waals surface area contributed by atoms with Crippen LogP contribution >= 0.6 is 27.7 Å². The monoisotopic (exact) mass is 451 g/mol. The van der Waals surface area contributed by atoms with E-state index >= 15 is 0 Å². The van der Waals surface area contributed by atoms with Crippen LogP contribution in [0.15, 0.2) is 87.1 Å². The molecule has 0 radical (unpaired) electrons. The molecule has 0 atom stereocenters. The second kappa shape index (κ2) is 8.19. The highest BCUT2D eigenvalue weighted by atomic mass is 79.9. The van der Waals surface area contributed by atoms with Crippen molar-refractivity contribution >= 4 is 39.3 Å². The lowest BCUT2D eigenvalue weighted by molar-refractivity contribution is -0.137. The van der Waals surface area contributed by atoms with E-state index < -0.39 is 17.6 Å². The minimum Gasteiger partial charge on any atom is -0.322 e. The molecule has 0 heterocycles. The van der Waals surface area contributed by atoms with Gasteiger partial charge >= 0.3 is 6.18 Å². The van der Waals surface area contributed by atoms with E-state index in [-0.39, 0.29) is 5.56 Å². The summed E-state index contributed by atoms with van der Waals surface area (Å²) in [6.07, 6.45) is -4.48. The number of anilines is 1. The first-order chi connectivity index (χ1) is 12.8. The maximum absolute atomic E-state index is 12.8. The van der Waals surface area contributed by atoms with Crippen LogP contribution in [-0.4, -0.2) is 5.91 Å². The van der Waals surface area contributed by atoms with Crippen LogP contribution in [0.25, 0.3) is 0 Å². The third-order valence-corrected chi connectivity index (χ3v) is 5.16. The highest BCUT2D eigenvalue weighted by molar-refractivity contribution is 9.10. The highest BCUT2D eigenvalue weighted by Gasteiger charge is 2.30. The van der Waals surface area contributed by atoms with Crippen molar-refractivity contribution in [3.8, 4) is 0 Å². The first kappa shape index (κ1) is 19.5. The molecule has 7 heteroatoms. The highest BCUT2D eigenvalue weighted by Crippen LogP contribution is 2.31. The molecular formula is C20H13BrF3NOS. The number of alkyl halides is 3. The Hall–Kier alpha value is -2.25. The van der Waals surface area contributed by atoms with Crippen LogP contribution in [-0.2, 0) is 6.18 Å². The van der Waals surface area contributed by atoms with Crippen LogP contribution in [0.4, 0.5) is 18.9 Å². The molecule has 0 aliphatic heterocycles. The summed E-state index contributed by atoms with van der Waals surface area (Å²) in [6, 6.07) is 19.3. The molecule has 0 unspecified atom stereocenters. The summed E-state index contributed by atoms with van der Waals surface area (Å²) in [4.78, 5) is 14.3. The molecule has 0 aromatic heterocycles. The Kier molecular flexibility index (Phi) is 5.92. The lowest BCUT2D eigenvalue weighted by atomic mass is 10.1. The van der Waals surface area contributed by atoms with Crippen LogP contribution < -0.4 is 5.32 Å². The topological polar surface area (TPSA) is 29.1 Å². The van der Waals surface area contributed by atoms with Crippen molar-refractivity contribution in [1.29, 1.82) is 0 Å². The molecule has 1 N–H and O–H groups in total. The summed E-state index contributed by atoms with van der Waals surface area (Å²) in [5.41, 5.74) is -0.382. The van der Waals surface area contributed by atoms with Gasteiger partial charge in [-0.25, -0.2) is 0 Å². The molecule has 3 aromatic carbocycles. The zero-order valence-electron chi connectivity index (χ0n) is 13.8. The van der Waals surface area contributed by atoms with Crippen molar-refractivity contribution in [3.63, 3.8) is 0 Å². The minimum atomic E-state index is -4.48. The van der Waals surface area contributed by atoms with Crippen molar-refractivity contribution < 1.29 is 18.0 Å². The Balaban J connectivity index is 1.67. The number of carbonyl (C=O) groups is 1. The largest absolute Gasteiger partial charge is 0.416 e. The Morgan fingerprint density at radius 3 is 2.07 bits per heavy atom. The van der Waals surface area contributed by atoms with E-state index in [0.29, 0.717) is 5.69 Å². The molecule has 2 nitrogen and oxygen atoms in total. The van der Waals surface area contributed by atoms with Gasteiger partial charge in [-0.1, -0.05) is 33.8 Å². The molecule has 138 valence electrons. The van der Waals surface area contributed by atoms with Crippen LogP contribution in [0.3, 0.4) is 0 Å². The zero-order chi connectivity index (χ0) is 19.4. The lowest BCUT2D eigenvalue weighted by Gasteiger charge is -2.10. The van der Waals surface area contributed by atoms with Gasteiger partial charge in [0.05, 0.1) is 5.56 Å². The summed E-state index contributed by atoms with van der Waals surface area (Å²) in [7, 11) is 0.